The lowest BCUT2D eigenvalue weighted by Gasteiger charge is -1.78. The molecule has 1 aliphatic heterocycles. The van der Waals surface area contributed by atoms with Gasteiger partial charge in [-0.25, -0.2) is 9.97 Å². The third kappa shape index (κ3) is 0.605. The van der Waals surface area contributed by atoms with Crippen LogP contribution < -0.4 is 0 Å². The number of fused-ring (bicyclic) bond motifs is 2. The summed E-state index contributed by atoms with van der Waals surface area (Å²) in [6.45, 7) is 0. The molecule has 0 radical (unpaired) electrons. The molecule has 1 aromatic heterocycles. The largest absolute Gasteiger partial charge is 0.230 e. The van der Waals surface area contributed by atoms with Gasteiger partial charge in [-0.3, -0.25) is 0 Å². The summed E-state index contributed by atoms with van der Waals surface area (Å²) in [5.74, 6) is 0. The van der Waals surface area contributed by atoms with Gasteiger partial charge in [0, 0.05) is 6.20 Å². The summed E-state index contributed by atoms with van der Waals surface area (Å²) in [6, 6.07) is 1.91. The molecule has 1 aliphatic rings. The van der Waals surface area contributed by atoms with Crippen molar-refractivity contribution in [2.45, 2.75) is 10.2 Å². The van der Waals surface area contributed by atoms with E-state index in [4.69, 9.17) is 0 Å². The van der Waals surface area contributed by atoms with E-state index >= 15 is 0 Å². The molecule has 4 heteroatoms. The van der Waals surface area contributed by atoms with Gasteiger partial charge in [0.25, 0.3) is 0 Å². The molecule has 2 bridgehead atoms. The molecule has 0 spiro atoms. The lowest BCUT2D eigenvalue weighted by Crippen LogP contribution is -1.75. The number of aromatic nitrogens is 2. The first-order chi connectivity index (χ1) is 3.95. The van der Waals surface area contributed by atoms with Crippen molar-refractivity contribution in [3.8, 4) is 0 Å². The number of hydrogen-bond donors (Lipinski definition) is 0. The van der Waals surface area contributed by atoms with Crippen LogP contribution in [-0.2, 0) is 0 Å². The first-order valence-electron chi connectivity index (χ1n) is 2.13. The van der Waals surface area contributed by atoms with Gasteiger partial charge in [0.1, 0.15) is 5.03 Å². The molecular weight excluding hydrogens is 140 g/mol. The summed E-state index contributed by atoms with van der Waals surface area (Å²) in [5.41, 5.74) is 0. The SMILES string of the molecule is c1cc2nc(n1)SS2. The first-order valence-corrected chi connectivity index (χ1v) is 4.28. The molecule has 0 unspecified atom stereocenters. The maximum atomic E-state index is 4.10. The van der Waals surface area contributed by atoms with Crippen molar-refractivity contribution in [1.29, 1.82) is 0 Å². The van der Waals surface area contributed by atoms with E-state index in [0.717, 1.165) is 10.2 Å². The standard InChI is InChI=1S/C4H2N2S2/c1-2-5-4-6-3(1)7-8-4/h1-2H. The average molecular weight is 142 g/mol. The molecule has 40 valence electrons. The van der Waals surface area contributed by atoms with Crippen LogP contribution in [0.25, 0.3) is 0 Å². The molecule has 0 aromatic carbocycles. The van der Waals surface area contributed by atoms with E-state index in [2.05, 4.69) is 9.97 Å². The van der Waals surface area contributed by atoms with Gasteiger partial charge in [-0.05, 0) is 27.7 Å². The van der Waals surface area contributed by atoms with Crippen LogP contribution in [0.15, 0.2) is 22.4 Å². The molecule has 0 saturated carbocycles. The average Bonchev–Trinajstić information content (AvgIpc) is 2.12. The first kappa shape index (κ1) is 4.64. The van der Waals surface area contributed by atoms with Crippen molar-refractivity contribution >= 4 is 21.6 Å². The Morgan fingerprint density at radius 2 is 2.38 bits per heavy atom. The van der Waals surface area contributed by atoms with E-state index < -0.39 is 0 Å². The van der Waals surface area contributed by atoms with Gasteiger partial charge >= 0.3 is 0 Å². The lowest BCUT2D eigenvalue weighted by atomic mass is 10.7. The third-order valence-electron chi connectivity index (χ3n) is 0.810. The summed E-state index contributed by atoms with van der Waals surface area (Å²) in [4.78, 5) is 8.08. The van der Waals surface area contributed by atoms with Crippen LogP contribution in [0.1, 0.15) is 0 Å². The number of rotatable bonds is 0. The highest BCUT2D eigenvalue weighted by atomic mass is 33.1. The fraction of sp³-hybridized carbons (Fsp3) is 0. The Kier molecular flexibility index (Phi) is 0.947. The highest BCUT2D eigenvalue weighted by molar-refractivity contribution is 8.76. The van der Waals surface area contributed by atoms with E-state index in [1.165, 1.54) is 0 Å². The zero-order valence-electron chi connectivity index (χ0n) is 3.87. The maximum absolute atomic E-state index is 4.10. The summed E-state index contributed by atoms with van der Waals surface area (Å²) < 4.78 is 0. The van der Waals surface area contributed by atoms with Crippen LogP contribution >= 0.6 is 21.6 Å². The van der Waals surface area contributed by atoms with Crippen LogP contribution in [0.5, 0.6) is 0 Å². The summed E-state index contributed by atoms with van der Waals surface area (Å²) in [5, 5.41) is 1.95. The van der Waals surface area contributed by atoms with Crippen LogP contribution in [0.3, 0.4) is 0 Å². The topological polar surface area (TPSA) is 25.8 Å². The van der Waals surface area contributed by atoms with Crippen LogP contribution in [0.2, 0.25) is 0 Å². The van der Waals surface area contributed by atoms with E-state index in [1.54, 1.807) is 27.8 Å². The van der Waals surface area contributed by atoms with Crippen LogP contribution in [-0.4, -0.2) is 9.97 Å². The normalized spacial score (nSPS) is 14.5. The second-order valence-electron chi connectivity index (χ2n) is 1.34. The van der Waals surface area contributed by atoms with Gasteiger partial charge in [-0.2, -0.15) is 0 Å². The highest BCUT2D eigenvalue weighted by Gasteiger charge is 2.08. The molecule has 8 heavy (non-hydrogen) atoms. The fourth-order valence-electron chi connectivity index (χ4n) is 0.492. The third-order valence-corrected chi connectivity index (χ3v) is 2.85. The van der Waals surface area contributed by atoms with Gasteiger partial charge < -0.3 is 0 Å². The van der Waals surface area contributed by atoms with Gasteiger partial charge in [-0.15, -0.1) is 0 Å². The van der Waals surface area contributed by atoms with Crippen molar-refractivity contribution in [3.05, 3.63) is 12.3 Å². The molecule has 0 amide bonds. The van der Waals surface area contributed by atoms with E-state index in [1.807, 2.05) is 6.07 Å². The second kappa shape index (κ2) is 1.63. The van der Waals surface area contributed by atoms with Gasteiger partial charge in [-0.1, -0.05) is 0 Å². The molecule has 0 atom stereocenters. The zero-order chi connectivity index (χ0) is 5.40. The van der Waals surface area contributed by atoms with Crippen molar-refractivity contribution in [2.75, 3.05) is 0 Å². The predicted octanol–water partition coefficient (Wildman–Crippen LogP) is 1.59. The molecule has 2 nitrogen and oxygen atoms in total. The lowest BCUT2D eigenvalue weighted by molar-refractivity contribution is 0.907. The van der Waals surface area contributed by atoms with Crippen molar-refractivity contribution in [1.82, 2.24) is 9.97 Å². The highest BCUT2D eigenvalue weighted by Crippen LogP contribution is 2.39. The minimum atomic E-state index is 0.882. The van der Waals surface area contributed by atoms with Crippen molar-refractivity contribution in [2.24, 2.45) is 0 Å². The fourth-order valence-corrected chi connectivity index (χ4v) is 2.19. The van der Waals surface area contributed by atoms with Gasteiger partial charge in [0.2, 0.25) is 0 Å². The Bertz CT molecular complexity index is 194. The molecule has 0 aliphatic carbocycles. The zero-order valence-corrected chi connectivity index (χ0v) is 5.50. The Hall–Kier alpha value is -0.220. The predicted molar refractivity (Wildman–Crippen MR) is 33.7 cm³/mol. The smallest absolute Gasteiger partial charge is 0.199 e. The molecule has 2 rings (SSSR count). The second-order valence-corrected chi connectivity index (χ2v) is 3.46. The Morgan fingerprint density at radius 1 is 1.38 bits per heavy atom. The maximum Gasteiger partial charge on any atom is 0.199 e. The monoisotopic (exact) mass is 142 g/mol. The summed E-state index contributed by atoms with van der Waals surface area (Å²) in [6.07, 6.45) is 1.78. The van der Waals surface area contributed by atoms with Gasteiger partial charge in [0.05, 0.1) is 0 Å². The van der Waals surface area contributed by atoms with Crippen molar-refractivity contribution in [3.63, 3.8) is 0 Å². The number of nitrogens with zero attached hydrogens (tertiary/aromatic N) is 2. The van der Waals surface area contributed by atoms with Crippen LogP contribution in [0.4, 0.5) is 0 Å². The molecular formula is C4H2N2S2. The molecule has 2 heterocycles. The van der Waals surface area contributed by atoms with Crippen molar-refractivity contribution < 1.29 is 0 Å². The minimum absolute atomic E-state index is 0.882. The molecule has 1 aromatic rings. The van der Waals surface area contributed by atoms with Gasteiger partial charge in [0.15, 0.2) is 5.16 Å². The summed E-state index contributed by atoms with van der Waals surface area (Å²) >= 11 is 0. The molecule has 0 saturated heterocycles. The Morgan fingerprint density at radius 3 is 3.12 bits per heavy atom. The van der Waals surface area contributed by atoms with E-state index in [-0.39, 0.29) is 0 Å². The molecule has 0 N–H and O–H groups in total. The van der Waals surface area contributed by atoms with E-state index in [0.29, 0.717) is 0 Å². The van der Waals surface area contributed by atoms with Crippen LogP contribution in [0, 0.1) is 0 Å². The molecule has 0 fully saturated rings. The minimum Gasteiger partial charge on any atom is -0.230 e. The Balaban J connectivity index is 2.66. The summed E-state index contributed by atoms with van der Waals surface area (Å²) in [7, 11) is 3.28. The Labute approximate surface area is 54.5 Å². The van der Waals surface area contributed by atoms with E-state index in [9.17, 15) is 0 Å². The quantitative estimate of drug-likeness (QED) is 0.312. The number of hydrogen-bond acceptors (Lipinski definition) is 4.